The number of hydrogen-bond acceptors (Lipinski definition) is 8. The van der Waals surface area contributed by atoms with Crippen LogP contribution in [0, 0.1) is 0 Å². The summed E-state index contributed by atoms with van der Waals surface area (Å²) in [5.74, 6) is 3.17. The summed E-state index contributed by atoms with van der Waals surface area (Å²) in [5.41, 5.74) is 2.00. The van der Waals surface area contributed by atoms with E-state index in [0.717, 1.165) is 17.9 Å². The Hall–Kier alpha value is -3.55. The summed E-state index contributed by atoms with van der Waals surface area (Å²) in [5, 5.41) is 14.4. The zero-order valence-corrected chi connectivity index (χ0v) is 16.1. The van der Waals surface area contributed by atoms with Crippen LogP contribution in [-0.2, 0) is 6.42 Å². The van der Waals surface area contributed by atoms with Crippen molar-refractivity contribution in [2.24, 2.45) is 0 Å². The number of benzene rings is 2. The van der Waals surface area contributed by atoms with E-state index in [4.69, 9.17) is 14.2 Å². The van der Waals surface area contributed by atoms with Crippen molar-refractivity contribution in [3.8, 4) is 17.2 Å². The van der Waals surface area contributed by atoms with Gasteiger partial charge in [-0.2, -0.15) is 10.1 Å². The highest BCUT2D eigenvalue weighted by atomic mass is 16.5. The summed E-state index contributed by atoms with van der Waals surface area (Å²) in [6.07, 6.45) is 2.39. The molecule has 1 heterocycles. The molecule has 2 N–H and O–H groups in total. The number of nitrogens with one attached hydrogen (secondary N) is 2. The van der Waals surface area contributed by atoms with Gasteiger partial charge in [-0.05, 0) is 36.2 Å². The van der Waals surface area contributed by atoms with Crippen LogP contribution in [0.25, 0.3) is 0 Å². The molecule has 0 aliphatic carbocycles. The second-order valence-corrected chi connectivity index (χ2v) is 5.88. The molecule has 1 aromatic heterocycles. The predicted octanol–water partition coefficient (Wildman–Crippen LogP) is 3.30. The fraction of sp³-hybridized carbons (Fsp3) is 0.250. The highest BCUT2D eigenvalue weighted by Crippen LogP contribution is 2.30. The predicted molar refractivity (Wildman–Crippen MR) is 108 cm³/mol. The van der Waals surface area contributed by atoms with Crippen LogP contribution in [0.2, 0.25) is 0 Å². The third-order valence-electron chi connectivity index (χ3n) is 4.07. The third kappa shape index (κ3) is 5.00. The number of methoxy groups -OCH3 is 3. The molecule has 0 amide bonds. The van der Waals surface area contributed by atoms with Gasteiger partial charge in [0.05, 0.1) is 27.5 Å². The number of ether oxygens (including phenoxy) is 3. The van der Waals surface area contributed by atoms with Gasteiger partial charge in [0.15, 0.2) is 17.3 Å². The van der Waals surface area contributed by atoms with Crippen LogP contribution in [0.15, 0.2) is 48.7 Å². The molecule has 2 aromatic carbocycles. The van der Waals surface area contributed by atoms with E-state index in [1.807, 2.05) is 42.5 Å². The molecule has 0 fully saturated rings. The van der Waals surface area contributed by atoms with Crippen LogP contribution in [0.5, 0.6) is 17.2 Å². The standard InChI is InChI=1S/C20H23N5O3/c1-26-16-7-4-14(5-8-16)10-11-21-20-24-19(13-22-25-20)23-15-6-9-17(27-2)18(12-15)28-3/h4-9,12-13H,10-11H2,1-3H3,(H2,21,23,24,25). The Morgan fingerprint density at radius 1 is 0.893 bits per heavy atom. The maximum Gasteiger partial charge on any atom is 0.244 e. The average Bonchev–Trinajstić information content (AvgIpc) is 2.74. The Kier molecular flexibility index (Phi) is 6.46. The summed E-state index contributed by atoms with van der Waals surface area (Å²) in [6, 6.07) is 13.5. The smallest absolute Gasteiger partial charge is 0.244 e. The summed E-state index contributed by atoms with van der Waals surface area (Å²) in [6.45, 7) is 0.688. The monoisotopic (exact) mass is 381 g/mol. The Bertz CT molecular complexity index is 903. The van der Waals surface area contributed by atoms with E-state index in [-0.39, 0.29) is 0 Å². The van der Waals surface area contributed by atoms with E-state index < -0.39 is 0 Å². The van der Waals surface area contributed by atoms with E-state index in [0.29, 0.717) is 29.8 Å². The van der Waals surface area contributed by atoms with Gasteiger partial charge < -0.3 is 24.8 Å². The zero-order chi connectivity index (χ0) is 19.8. The van der Waals surface area contributed by atoms with Crippen LogP contribution in [0.1, 0.15) is 5.56 Å². The number of nitrogens with zero attached hydrogens (tertiary/aromatic N) is 3. The molecule has 0 unspecified atom stereocenters. The summed E-state index contributed by atoms with van der Waals surface area (Å²) < 4.78 is 15.7. The molecule has 3 aromatic rings. The van der Waals surface area contributed by atoms with Gasteiger partial charge in [0, 0.05) is 18.3 Å². The number of aromatic nitrogens is 3. The number of rotatable bonds is 9. The van der Waals surface area contributed by atoms with Crippen molar-refractivity contribution in [3.63, 3.8) is 0 Å². The zero-order valence-electron chi connectivity index (χ0n) is 16.1. The molecule has 0 saturated carbocycles. The number of hydrogen-bond donors (Lipinski definition) is 2. The van der Waals surface area contributed by atoms with Gasteiger partial charge in [0.1, 0.15) is 5.75 Å². The first-order chi connectivity index (χ1) is 13.7. The van der Waals surface area contributed by atoms with E-state index in [9.17, 15) is 0 Å². The van der Waals surface area contributed by atoms with E-state index in [1.165, 1.54) is 5.56 Å². The molecule has 28 heavy (non-hydrogen) atoms. The number of anilines is 3. The Labute approximate surface area is 163 Å². The molecule has 0 spiro atoms. The SMILES string of the molecule is COc1ccc(CCNc2nncc(Nc3ccc(OC)c(OC)c3)n2)cc1. The van der Waals surface area contributed by atoms with Crippen LogP contribution >= 0.6 is 0 Å². The first-order valence-electron chi connectivity index (χ1n) is 8.77. The van der Waals surface area contributed by atoms with Gasteiger partial charge >= 0.3 is 0 Å². The normalized spacial score (nSPS) is 10.2. The Morgan fingerprint density at radius 2 is 1.68 bits per heavy atom. The second-order valence-electron chi connectivity index (χ2n) is 5.88. The maximum atomic E-state index is 5.31. The molecule has 0 saturated heterocycles. The maximum absolute atomic E-state index is 5.31. The molecule has 0 bridgehead atoms. The fourth-order valence-electron chi connectivity index (χ4n) is 2.61. The van der Waals surface area contributed by atoms with Gasteiger partial charge in [0.25, 0.3) is 0 Å². The van der Waals surface area contributed by atoms with Gasteiger partial charge in [0.2, 0.25) is 5.95 Å². The van der Waals surface area contributed by atoms with Crippen LogP contribution in [0.4, 0.5) is 17.5 Å². The molecule has 0 aliphatic heterocycles. The molecule has 0 radical (unpaired) electrons. The summed E-state index contributed by atoms with van der Waals surface area (Å²) >= 11 is 0. The first-order valence-corrected chi connectivity index (χ1v) is 8.77. The lowest BCUT2D eigenvalue weighted by atomic mass is 10.1. The highest BCUT2D eigenvalue weighted by Gasteiger charge is 2.06. The lowest BCUT2D eigenvalue weighted by Gasteiger charge is -2.11. The van der Waals surface area contributed by atoms with Crippen molar-refractivity contribution in [1.82, 2.24) is 15.2 Å². The minimum Gasteiger partial charge on any atom is -0.497 e. The molecular formula is C20H23N5O3. The van der Waals surface area contributed by atoms with E-state index in [2.05, 4.69) is 25.8 Å². The van der Waals surface area contributed by atoms with Gasteiger partial charge in [-0.25, -0.2) is 0 Å². The minimum atomic E-state index is 0.457. The van der Waals surface area contributed by atoms with Gasteiger partial charge in [-0.15, -0.1) is 5.10 Å². The van der Waals surface area contributed by atoms with Crippen molar-refractivity contribution < 1.29 is 14.2 Å². The van der Waals surface area contributed by atoms with Crippen molar-refractivity contribution in [2.75, 3.05) is 38.5 Å². The molecule has 146 valence electrons. The van der Waals surface area contributed by atoms with Gasteiger partial charge in [-0.3, -0.25) is 0 Å². The topological polar surface area (TPSA) is 90.4 Å². The highest BCUT2D eigenvalue weighted by molar-refractivity contribution is 5.61. The van der Waals surface area contributed by atoms with Crippen LogP contribution < -0.4 is 24.8 Å². The average molecular weight is 381 g/mol. The first kappa shape index (κ1) is 19.2. The molecular weight excluding hydrogens is 358 g/mol. The van der Waals surface area contributed by atoms with Crippen molar-refractivity contribution >= 4 is 17.5 Å². The molecule has 0 aliphatic rings. The molecule has 3 rings (SSSR count). The lowest BCUT2D eigenvalue weighted by Crippen LogP contribution is -2.09. The quantitative estimate of drug-likeness (QED) is 0.583. The lowest BCUT2D eigenvalue weighted by molar-refractivity contribution is 0.355. The molecule has 8 nitrogen and oxygen atoms in total. The largest absolute Gasteiger partial charge is 0.497 e. The van der Waals surface area contributed by atoms with Crippen molar-refractivity contribution in [3.05, 3.63) is 54.2 Å². The Balaban J connectivity index is 1.59. The summed E-state index contributed by atoms with van der Waals surface area (Å²) in [4.78, 5) is 4.44. The third-order valence-corrected chi connectivity index (χ3v) is 4.07. The fourth-order valence-corrected chi connectivity index (χ4v) is 2.61. The van der Waals surface area contributed by atoms with E-state index >= 15 is 0 Å². The van der Waals surface area contributed by atoms with Crippen molar-refractivity contribution in [2.45, 2.75) is 6.42 Å². The van der Waals surface area contributed by atoms with Crippen LogP contribution in [-0.4, -0.2) is 43.1 Å². The van der Waals surface area contributed by atoms with Gasteiger partial charge in [-0.1, -0.05) is 12.1 Å². The second kappa shape index (κ2) is 9.40. The van der Waals surface area contributed by atoms with Crippen molar-refractivity contribution in [1.29, 1.82) is 0 Å². The molecule has 8 heteroatoms. The molecule has 0 atom stereocenters. The van der Waals surface area contributed by atoms with E-state index in [1.54, 1.807) is 27.5 Å². The minimum absolute atomic E-state index is 0.457. The Morgan fingerprint density at radius 3 is 2.39 bits per heavy atom. The summed E-state index contributed by atoms with van der Waals surface area (Å²) in [7, 11) is 4.85. The van der Waals surface area contributed by atoms with Crippen LogP contribution in [0.3, 0.4) is 0 Å².